The van der Waals surface area contributed by atoms with Gasteiger partial charge in [0, 0.05) is 16.0 Å². The molecule has 3 heteroatoms. The van der Waals surface area contributed by atoms with Gasteiger partial charge in [-0.05, 0) is 42.8 Å². The molecule has 100 valence electrons. The highest BCUT2D eigenvalue weighted by atomic mass is 32.2. The van der Waals surface area contributed by atoms with E-state index in [2.05, 4.69) is 11.8 Å². The van der Waals surface area contributed by atoms with Crippen molar-refractivity contribution in [3.8, 4) is 11.8 Å². The zero-order valence-corrected chi connectivity index (χ0v) is 11.9. The summed E-state index contributed by atoms with van der Waals surface area (Å²) >= 11 is 1.31. The largest absolute Gasteiger partial charge is 0.481 e. The summed E-state index contributed by atoms with van der Waals surface area (Å²) in [5.41, 5.74) is 3.11. The van der Waals surface area contributed by atoms with Gasteiger partial charge in [0.2, 0.25) is 0 Å². The van der Waals surface area contributed by atoms with Gasteiger partial charge in [-0.3, -0.25) is 4.79 Å². The van der Waals surface area contributed by atoms with E-state index in [4.69, 9.17) is 5.11 Å². The molecule has 0 bridgehead atoms. The monoisotopic (exact) mass is 282 g/mol. The Morgan fingerprint density at radius 3 is 2.45 bits per heavy atom. The summed E-state index contributed by atoms with van der Waals surface area (Å²) in [6, 6.07) is 15.6. The van der Waals surface area contributed by atoms with Crippen LogP contribution in [-0.2, 0) is 4.79 Å². The molecule has 0 fully saturated rings. The van der Waals surface area contributed by atoms with Gasteiger partial charge >= 0.3 is 5.97 Å². The number of benzene rings is 2. The van der Waals surface area contributed by atoms with Gasteiger partial charge in [-0.15, -0.1) is 11.8 Å². The Bertz CT molecular complexity index is 663. The van der Waals surface area contributed by atoms with E-state index in [-0.39, 0.29) is 5.75 Å². The van der Waals surface area contributed by atoms with Crippen LogP contribution in [0.3, 0.4) is 0 Å². The zero-order valence-electron chi connectivity index (χ0n) is 11.1. The molecule has 0 aliphatic rings. The Hall–Kier alpha value is -2.18. The molecular formula is C17H14O2S. The van der Waals surface area contributed by atoms with Gasteiger partial charge in [0.15, 0.2) is 0 Å². The van der Waals surface area contributed by atoms with E-state index >= 15 is 0 Å². The fraction of sp³-hybridized carbons (Fsp3) is 0.118. The van der Waals surface area contributed by atoms with Crippen molar-refractivity contribution in [1.29, 1.82) is 0 Å². The first kappa shape index (κ1) is 14.2. The Balaban J connectivity index is 2.08. The predicted octanol–water partition coefficient (Wildman–Crippen LogP) is 3.57. The molecule has 0 saturated carbocycles. The first-order valence-corrected chi connectivity index (χ1v) is 7.16. The summed E-state index contributed by atoms with van der Waals surface area (Å²) in [5, 5.41) is 8.62. The molecule has 2 nitrogen and oxygen atoms in total. The Kier molecular flexibility index (Phi) is 4.86. The Labute approximate surface area is 122 Å². The number of carbonyl (C=O) groups is 1. The Morgan fingerprint density at radius 1 is 1.10 bits per heavy atom. The lowest BCUT2D eigenvalue weighted by Crippen LogP contribution is -1.97. The molecule has 0 atom stereocenters. The molecule has 0 aliphatic heterocycles. The second-order valence-corrected chi connectivity index (χ2v) is 5.32. The summed E-state index contributed by atoms with van der Waals surface area (Å²) in [5.74, 6) is 5.54. The van der Waals surface area contributed by atoms with E-state index < -0.39 is 5.97 Å². The number of hydrogen-bond donors (Lipinski definition) is 1. The molecule has 0 amide bonds. The quantitative estimate of drug-likeness (QED) is 0.690. The second-order valence-electron chi connectivity index (χ2n) is 4.27. The Morgan fingerprint density at radius 2 is 1.80 bits per heavy atom. The van der Waals surface area contributed by atoms with Crippen molar-refractivity contribution in [3.05, 3.63) is 65.2 Å². The van der Waals surface area contributed by atoms with Crippen molar-refractivity contribution in [1.82, 2.24) is 0 Å². The predicted molar refractivity (Wildman–Crippen MR) is 82.0 cm³/mol. The molecule has 0 heterocycles. The third-order valence-corrected chi connectivity index (χ3v) is 3.70. The number of hydrogen-bond acceptors (Lipinski definition) is 2. The fourth-order valence-corrected chi connectivity index (χ4v) is 2.25. The van der Waals surface area contributed by atoms with Crippen LogP contribution in [0.5, 0.6) is 0 Å². The maximum absolute atomic E-state index is 10.5. The van der Waals surface area contributed by atoms with Crippen LogP contribution in [0.4, 0.5) is 0 Å². The van der Waals surface area contributed by atoms with E-state index in [0.29, 0.717) is 0 Å². The van der Waals surface area contributed by atoms with Crippen molar-refractivity contribution in [2.24, 2.45) is 0 Å². The molecule has 2 rings (SSSR count). The highest BCUT2D eigenvalue weighted by Gasteiger charge is 1.99. The molecule has 20 heavy (non-hydrogen) atoms. The van der Waals surface area contributed by atoms with Crippen LogP contribution < -0.4 is 0 Å². The smallest absolute Gasteiger partial charge is 0.313 e. The van der Waals surface area contributed by atoms with Gasteiger partial charge in [0.05, 0.1) is 5.75 Å². The number of aliphatic carboxylic acids is 1. The second kappa shape index (κ2) is 6.83. The van der Waals surface area contributed by atoms with Crippen LogP contribution in [0.25, 0.3) is 0 Å². The topological polar surface area (TPSA) is 37.3 Å². The molecular weight excluding hydrogens is 268 g/mol. The average Bonchev–Trinajstić information content (AvgIpc) is 2.45. The molecule has 0 saturated heterocycles. The van der Waals surface area contributed by atoms with Crippen LogP contribution in [0, 0.1) is 18.8 Å². The summed E-state index contributed by atoms with van der Waals surface area (Å²) in [6.45, 7) is 2.04. The zero-order chi connectivity index (χ0) is 14.4. The number of aryl methyl sites for hydroxylation is 1. The van der Waals surface area contributed by atoms with Crippen LogP contribution in [0.1, 0.15) is 16.7 Å². The highest BCUT2D eigenvalue weighted by Crippen LogP contribution is 2.17. The summed E-state index contributed by atoms with van der Waals surface area (Å²) in [7, 11) is 0. The lowest BCUT2D eigenvalue weighted by molar-refractivity contribution is -0.133. The van der Waals surface area contributed by atoms with E-state index in [1.807, 2.05) is 55.5 Å². The van der Waals surface area contributed by atoms with Crippen molar-refractivity contribution in [3.63, 3.8) is 0 Å². The fourth-order valence-electron chi connectivity index (χ4n) is 1.63. The summed E-state index contributed by atoms with van der Waals surface area (Å²) in [4.78, 5) is 11.4. The van der Waals surface area contributed by atoms with Crippen LogP contribution in [0.15, 0.2) is 53.4 Å². The third kappa shape index (κ3) is 4.18. The van der Waals surface area contributed by atoms with Gasteiger partial charge in [-0.2, -0.15) is 0 Å². The van der Waals surface area contributed by atoms with E-state index in [9.17, 15) is 4.79 Å². The molecule has 0 radical (unpaired) electrons. The summed E-state index contributed by atoms with van der Waals surface area (Å²) < 4.78 is 0. The first-order chi connectivity index (χ1) is 9.65. The van der Waals surface area contributed by atoms with Crippen molar-refractivity contribution >= 4 is 17.7 Å². The van der Waals surface area contributed by atoms with Crippen molar-refractivity contribution in [2.75, 3.05) is 5.75 Å². The number of carboxylic acids is 1. The summed E-state index contributed by atoms with van der Waals surface area (Å²) in [6.07, 6.45) is 0. The van der Waals surface area contributed by atoms with Crippen LogP contribution in [0.2, 0.25) is 0 Å². The van der Waals surface area contributed by atoms with Gasteiger partial charge in [-0.1, -0.05) is 30.0 Å². The van der Waals surface area contributed by atoms with Gasteiger partial charge in [0.1, 0.15) is 0 Å². The normalized spacial score (nSPS) is 9.65. The van der Waals surface area contributed by atoms with Crippen molar-refractivity contribution in [2.45, 2.75) is 11.8 Å². The number of thioether (sulfide) groups is 1. The van der Waals surface area contributed by atoms with Gasteiger partial charge in [0.25, 0.3) is 0 Å². The minimum Gasteiger partial charge on any atom is -0.481 e. The SMILES string of the molecule is Cc1ccccc1C#Cc1ccc(SCC(=O)O)cc1. The van der Waals surface area contributed by atoms with Crippen molar-refractivity contribution < 1.29 is 9.90 Å². The van der Waals surface area contributed by atoms with Crippen LogP contribution in [-0.4, -0.2) is 16.8 Å². The molecule has 0 spiro atoms. The highest BCUT2D eigenvalue weighted by molar-refractivity contribution is 8.00. The lowest BCUT2D eigenvalue weighted by Gasteiger charge is -1.98. The number of carboxylic acid groups (broad SMARTS) is 1. The molecule has 0 aromatic heterocycles. The number of rotatable bonds is 3. The molecule has 2 aromatic carbocycles. The maximum Gasteiger partial charge on any atom is 0.313 e. The van der Waals surface area contributed by atoms with E-state index in [1.165, 1.54) is 11.8 Å². The minimum absolute atomic E-state index is 0.0776. The lowest BCUT2D eigenvalue weighted by atomic mass is 10.1. The molecule has 1 N–H and O–H groups in total. The van der Waals surface area contributed by atoms with Crippen LogP contribution >= 0.6 is 11.8 Å². The van der Waals surface area contributed by atoms with Gasteiger partial charge < -0.3 is 5.11 Å². The molecule has 2 aromatic rings. The molecule has 0 aliphatic carbocycles. The standard InChI is InChI=1S/C17H14O2S/c1-13-4-2-3-5-15(13)9-6-14-7-10-16(11-8-14)20-12-17(18)19/h2-5,7-8,10-11H,12H2,1H3,(H,18,19). The average molecular weight is 282 g/mol. The maximum atomic E-state index is 10.5. The minimum atomic E-state index is -0.807. The van der Waals surface area contributed by atoms with E-state index in [0.717, 1.165) is 21.6 Å². The third-order valence-electron chi connectivity index (χ3n) is 2.70. The first-order valence-electron chi connectivity index (χ1n) is 6.17. The molecule has 0 unspecified atom stereocenters. The van der Waals surface area contributed by atoms with Gasteiger partial charge in [-0.25, -0.2) is 0 Å². The van der Waals surface area contributed by atoms with E-state index in [1.54, 1.807) is 0 Å².